The topological polar surface area (TPSA) is 90.9 Å². The summed E-state index contributed by atoms with van der Waals surface area (Å²) in [6.07, 6.45) is 26.1. The van der Waals surface area contributed by atoms with Crippen molar-refractivity contribution in [1.29, 1.82) is 0 Å². The molecule has 0 rings (SSSR count). The molecule has 0 fully saturated rings. The molecule has 294 valence electrons. The molecule has 9 nitrogen and oxygen atoms in total. The van der Waals surface area contributed by atoms with Crippen LogP contribution in [0.2, 0.25) is 0 Å². The second-order valence-corrected chi connectivity index (χ2v) is 13.0. The molecule has 0 spiro atoms. The van der Waals surface area contributed by atoms with Crippen molar-refractivity contribution in [1.82, 2.24) is 0 Å². The Hall–Kier alpha value is -0.810. The van der Waals surface area contributed by atoms with Gasteiger partial charge < -0.3 is 37.9 Å². The van der Waals surface area contributed by atoms with Crippen molar-refractivity contribution in [3.05, 3.63) is 0 Å². The first-order valence-corrected chi connectivity index (χ1v) is 20.5. The Labute approximate surface area is 302 Å². The van der Waals surface area contributed by atoms with Crippen LogP contribution in [0.4, 0.5) is 0 Å². The summed E-state index contributed by atoms with van der Waals surface area (Å²) in [5.74, 6) is -0.104. The number of hydrogen-bond donors (Lipinski definition) is 0. The lowest BCUT2D eigenvalue weighted by atomic mass is 10.00. The van der Waals surface area contributed by atoms with Crippen molar-refractivity contribution in [2.75, 3.05) is 99.1 Å². The van der Waals surface area contributed by atoms with Crippen LogP contribution in [0.3, 0.4) is 0 Å². The first-order valence-electron chi connectivity index (χ1n) is 20.5. The largest absolute Gasteiger partial charge is 0.463 e. The number of ether oxygens (including phenoxy) is 8. The summed E-state index contributed by atoms with van der Waals surface area (Å²) in [5.41, 5.74) is 0. The molecule has 0 aliphatic rings. The lowest BCUT2D eigenvalue weighted by Gasteiger charge is -2.13. The molecule has 0 saturated carbocycles. The van der Waals surface area contributed by atoms with Crippen LogP contribution >= 0.6 is 0 Å². The molecule has 0 N–H and O–H groups in total. The van der Waals surface area contributed by atoms with E-state index in [9.17, 15) is 4.79 Å². The Morgan fingerprint density at radius 2 is 0.633 bits per heavy atom. The van der Waals surface area contributed by atoms with Crippen molar-refractivity contribution in [3.8, 4) is 0 Å². The normalized spacial score (nSPS) is 12.1. The minimum atomic E-state index is -0.110. The molecule has 1 atom stereocenters. The third-order valence-electron chi connectivity index (χ3n) is 8.58. The van der Waals surface area contributed by atoms with Crippen LogP contribution in [-0.4, -0.2) is 105 Å². The Bertz CT molecular complexity index is 623. The van der Waals surface area contributed by atoms with Crippen LogP contribution in [0.5, 0.6) is 0 Å². The number of carbonyl (C=O) groups excluding carboxylic acids is 1. The van der Waals surface area contributed by atoms with Gasteiger partial charge in [0.05, 0.1) is 91.8 Å². The van der Waals surface area contributed by atoms with Gasteiger partial charge in [0, 0.05) is 6.61 Å². The molecule has 0 amide bonds. The van der Waals surface area contributed by atoms with E-state index in [2.05, 4.69) is 13.8 Å². The molecule has 0 bridgehead atoms. The number of carbonyl (C=O) groups is 1. The predicted molar refractivity (Wildman–Crippen MR) is 200 cm³/mol. The first-order chi connectivity index (χ1) is 24.3. The lowest BCUT2D eigenvalue weighted by molar-refractivity contribution is -0.150. The Morgan fingerprint density at radius 1 is 0.347 bits per heavy atom. The molecule has 0 aliphatic carbocycles. The van der Waals surface area contributed by atoms with E-state index in [0.717, 1.165) is 38.7 Å². The van der Waals surface area contributed by atoms with Crippen molar-refractivity contribution < 1.29 is 42.7 Å². The number of hydrogen-bond acceptors (Lipinski definition) is 9. The van der Waals surface area contributed by atoms with Crippen LogP contribution in [0, 0.1) is 5.92 Å². The third kappa shape index (κ3) is 39.8. The van der Waals surface area contributed by atoms with Gasteiger partial charge in [-0.25, -0.2) is 0 Å². The van der Waals surface area contributed by atoms with Gasteiger partial charge in [-0.15, -0.1) is 0 Å². The molecule has 1 unspecified atom stereocenters. The summed E-state index contributed by atoms with van der Waals surface area (Å²) in [6.45, 7) is 14.4. The minimum Gasteiger partial charge on any atom is -0.463 e. The van der Waals surface area contributed by atoms with Crippen molar-refractivity contribution in [3.63, 3.8) is 0 Å². The zero-order chi connectivity index (χ0) is 35.6. The molecule has 0 saturated heterocycles. The van der Waals surface area contributed by atoms with Crippen LogP contribution in [0.25, 0.3) is 0 Å². The van der Waals surface area contributed by atoms with E-state index in [1.807, 2.05) is 6.92 Å². The second kappa shape index (κ2) is 43.4. The fourth-order valence-corrected chi connectivity index (χ4v) is 5.43. The summed E-state index contributed by atoms with van der Waals surface area (Å²) in [7, 11) is 0. The molecule has 0 heterocycles. The molecule has 0 aromatic rings. The maximum Gasteiger partial charge on any atom is 0.308 e. The van der Waals surface area contributed by atoms with Crippen molar-refractivity contribution in [2.45, 2.75) is 149 Å². The van der Waals surface area contributed by atoms with E-state index in [0.29, 0.717) is 92.5 Å². The van der Waals surface area contributed by atoms with E-state index >= 15 is 0 Å². The standard InChI is InChI=1S/C40H80O9/c1-4-7-9-10-11-12-13-14-15-16-17-18-19-20-21-22-24-42-25-26-43-27-28-44-29-30-45-31-32-46-33-34-47-35-36-48-37-38-49-40(41)39(6-3)23-8-5-2/h39H,4-38H2,1-3H3. The van der Waals surface area contributed by atoms with Gasteiger partial charge in [-0.1, -0.05) is 130 Å². The van der Waals surface area contributed by atoms with Crippen LogP contribution in [0.15, 0.2) is 0 Å². The van der Waals surface area contributed by atoms with Gasteiger partial charge in [0.2, 0.25) is 0 Å². The number of esters is 1. The highest BCUT2D eigenvalue weighted by atomic mass is 16.6. The fourth-order valence-electron chi connectivity index (χ4n) is 5.43. The Balaban J connectivity index is 3.13. The van der Waals surface area contributed by atoms with E-state index in [1.54, 1.807) is 0 Å². The number of rotatable bonds is 43. The van der Waals surface area contributed by atoms with Crippen LogP contribution in [-0.2, 0) is 42.7 Å². The molecular formula is C40H80O9. The van der Waals surface area contributed by atoms with E-state index < -0.39 is 0 Å². The third-order valence-corrected chi connectivity index (χ3v) is 8.58. The summed E-state index contributed by atoms with van der Waals surface area (Å²) < 4.78 is 44.1. The summed E-state index contributed by atoms with van der Waals surface area (Å²) in [4.78, 5) is 12.0. The van der Waals surface area contributed by atoms with E-state index in [1.165, 1.54) is 96.3 Å². The summed E-state index contributed by atoms with van der Waals surface area (Å²) in [6, 6.07) is 0. The van der Waals surface area contributed by atoms with Gasteiger partial charge in [0.15, 0.2) is 0 Å². The van der Waals surface area contributed by atoms with Crippen LogP contribution in [0.1, 0.15) is 149 Å². The average Bonchev–Trinajstić information content (AvgIpc) is 3.11. The maximum atomic E-state index is 12.0. The quantitative estimate of drug-likeness (QED) is 0.0455. The lowest BCUT2D eigenvalue weighted by Crippen LogP contribution is -2.20. The van der Waals surface area contributed by atoms with Gasteiger partial charge >= 0.3 is 5.97 Å². The Morgan fingerprint density at radius 3 is 0.959 bits per heavy atom. The van der Waals surface area contributed by atoms with Gasteiger partial charge in [0.25, 0.3) is 0 Å². The summed E-state index contributed by atoms with van der Waals surface area (Å²) in [5, 5.41) is 0. The fraction of sp³-hybridized carbons (Fsp3) is 0.975. The van der Waals surface area contributed by atoms with Crippen molar-refractivity contribution >= 4 is 5.97 Å². The highest BCUT2D eigenvalue weighted by Crippen LogP contribution is 2.15. The molecule has 49 heavy (non-hydrogen) atoms. The van der Waals surface area contributed by atoms with E-state index in [4.69, 9.17) is 37.9 Å². The molecule has 0 aliphatic heterocycles. The summed E-state index contributed by atoms with van der Waals surface area (Å²) >= 11 is 0. The molecule has 0 aromatic carbocycles. The van der Waals surface area contributed by atoms with Crippen LogP contribution < -0.4 is 0 Å². The predicted octanol–water partition coefficient (Wildman–Crippen LogP) is 9.12. The average molecular weight is 705 g/mol. The number of unbranched alkanes of at least 4 members (excludes halogenated alkanes) is 16. The molecular weight excluding hydrogens is 624 g/mol. The van der Waals surface area contributed by atoms with Gasteiger partial charge in [0.1, 0.15) is 6.61 Å². The van der Waals surface area contributed by atoms with Gasteiger partial charge in [-0.2, -0.15) is 0 Å². The molecule has 0 radical (unpaired) electrons. The smallest absolute Gasteiger partial charge is 0.308 e. The second-order valence-electron chi connectivity index (χ2n) is 13.0. The van der Waals surface area contributed by atoms with E-state index in [-0.39, 0.29) is 11.9 Å². The zero-order valence-electron chi connectivity index (χ0n) is 32.5. The monoisotopic (exact) mass is 705 g/mol. The van der Waals surface area contributed by atoms with Crippen molar-refractivity contribution in [2.24, 2.45) is 5.92 Å². The van der Waals surface area contributed by atoms with Gasteiger partial charge in [-0.3, -0.25) is 4.79 Å². The SMILES string of the molecule is CCCCCCCCCCCCCCCCCCOCCOCCOCCOCCOCCOCCOCCOC(=O)C(CC)CCCC. The first kappa shape index (κ1) is 48.2. The zero-order valence-corrected chi connectivity index (χ0v) is 32.5. The minimum absolute atomic E-state index is 0.00575. The Kier molecular flexibility index (Phi) is 42.6. The highest BCUT2D eigenvalue weighted by Gasteiger charge is 2.16. The molecule has 0 aromatic heterocycles. The van der Waals surface area contributed by atoms with Gasteiger partial charge in [-0.05, 0) is 19.3 Å². The highest BCUT2D eigenvalue weighted by molar-refractivity contribution is 5.72. The maximum absolute atomic E-state index is 12.0. The molecule has 9 heteroatoms.